The SMILES string of the molecule is CC(C)C[C@H](N)C(=O)NC[C@@H](O)[C@@H](N)CC(C)C. The number of aliphatic hydroxyl groups excluding tert-OH is 1. The summed E-state index contributed by atoms with van der Waals surface area (Å²) in [5, 5.41) is 12.4. The predicted octanol–water partition coefficient (Wildman–Crippen LogP) is 0.210. The van der Waals surface area contributed by atoms with E-state index in [2.05, 4.69) is 5.32 Å². The fourth-order valence-electron chi connectivity index (χ4n) is 1.80. The summed E-state index contributed by atoms with van der Waals surface area (Å²) in [5.41, 5.74) is 11.6. The van der Waals surface area contributed by atoms with Crippen LogP contribution in [0.5, 0.6) is 0 Å². The van der Waals surface area contributed by atoms with Gasteiger partial charge >= 0.3 is 0 Å². The molecule has 1 amide bonds. The lowest BCUT2D eigenvalue weighted by Gasteiger charge is -2.22. The first-order valence-electron chi connectivity index (χ1n) is 6.71. The van der Waals surface area contributed by atoms with E-state index in [4.69, 9.17) is 11.5 Å². The first-order chi connectivity index (χ1) is 8.23. The lowest BCUT2D eigenvalue weighted by atomic mass is 9.99. The number of amides is 1. The standard InChI is InChI=1S/C13H29N3O2/c1-8(2)5-10(14)12(17)7-16-13(18)11(15)6-9(3)4/h8-12,17H,5-7,14-15H2,1-4H3,(H,16,18)/t10-,11-,12+/m0/s1. The maximum Gasteiger partial charge on any atom is 0.237 e. The van der Waals surface area contributed by atoms with E-state index in [1.807, 2.05) is 27.7 Å². The molecule has 0 aliphatic heterocycles. The van der Waals surface area contributed by atoms with Crippen molar-refractivity contribution in [2.24, 2.45) is 23.3 Å². The quantitative estimate of drug-likeness (QED) is 0.500. The molecule has 0 unspecified atom stereocenters. The van der Waals surface area contributed by atoms with E-state index in [9.17, 15) is 9.90 Å². The van der Waals surface area contributed by atoms with Gasteiger partial charge < -0.3 is 21.9 Å². The van der Waals surface area contributed by atoms with Crippen molar-refractivity contribution in [2.45, 2.75) is 58.7 Å². The monoisotopic (exact) mass is 259 g/mol. The second-order valence-electron chi connectivity index (χ2n) is 5.84. The van der Waals surface area contributed by atoms with Gasteiger partial charge in [-0.15, -0.1) is 0 Å². The molecule has 108 valence electrons. The molecule has 0 fully saturated rings. The van der Waals surface area contributed by atoms with Crippen molar-refractivity contribution in [2.75, 3.05) is 6.54 Å². The molecule has 0 spiro atoms. The molecule has 0 aromatic rings. The van der Waals surface area contributed by atoms with Crippen molar-refractivity contribution in [1.82, 2.24) is 5.32 Å². The summed E-state index contributed by atoms with van der Waals surface area (Å²) < 4.78 is 0. The highest BCUT2D eigenvalue weighted by Gasteiger charge is 2.19. The van der Waals surface area contributed by atoms with Crippen LogP contribution in [0.15, 0.2) is 0 Å². The van der Waals surface area contributed by atoms with Crippen LogP contribution in [0.1, 0.15) is 40.5 Å². The minimum Gasteiger partial charge on any atom is -0.390 e. The second kappa shape index (κ2) is 8.45. The number of nitrogens with one attached hydrogen (secondary N) is 1. The van der Waals surface area contributed by atoms with Gasteiger partial charge in [-0.3, -0.25) is 4.79 Å². The Labute approximate surface area is 110 Å². The average Bonchev–Trinajstić information content (AvgIpc) is 2.23. The molecule has 0 radical (unpaired) electrons. The van der Waals surface area contributed by atoms with Crippen molar-refractivity contribution in [1.29, 1.82) is 0 Å². The summed E-state index contributed by atoms with van der Waals surface area (Å²) in [7, 11) is 0. The third-order valence-corrected chi connectivity index (χ3v) is 2.79. The molecule has 0 aromatic carbocycles. The van der Waals surface area contributed by atoms with Crippen molar-refractivity contribution < 1.29 is 9.90 Å². The molecule has 0 bridgehead atoms. The lowest BCUT2D eigenvalue weighted by molar-refractivity contribution is -0.123. The number of rotatable bonds is 8. The van der Waals surface area contributed by atoms with E-state index in [-0.39, 0.29) is 18.5 Å². The van der Waals surface area contributed by atoms with Crippen LogP contribution in [0.4, 0.5) is 0 Å². The van der Waals surface area contributed by atoms with Gasteiger partial charge in [-0.25, -0.2) is 0 Å². The summed E-state index contributed by atoms with van der Waals surface area (Å²) >= 11 is 0. The zero-order chi connectivity index (χ0) is 14.3. The Balaban J connectivity index is 3.97. The van der Waals surface area contributed by atoms with Crippen molar-refractivity contribution in [3.63, 3.8) is 0 Å². The van der Waals surface area contributed by atoms with Gasteiger partial charge in [0.1, 0.15) is 0 Å². The van der Waals surface area contributed by atoms with Crippen molar-refractivity contribution >= 4 is 5.91 Å². The van der Waals surface area contributed by atoms with E-state index in [0.29, 0.717) is 18.3 Å². The van der Waals surface area contributed by atoms with Gasteiger partial charge in [-0.2, -0.15) is 0 Å². The first-order valence-corrected chi connectivity index (χ1v) is 6.71. The molecule has 5 heteroatoms. The van der Waals surface area contributed by atoms with Crippen LogP contribution in [0.3, 0.4) is 0 Å². The van der Waals surface area contributed by atoms with Crippen LogP contribution in [-0.2, 0) is 4.79 Å². The molecule has 0 aromatic heterocycles. The van der Waals surface area contributed by atoms with Gasteiger partial charge in [0.15, 0.2) is 0 Å². The number of carbonyl (C=O) groups is 1. The average molecular weight is 259 g/mol. The second-order valence-corrected chi connectivity index (χ2v) is 5.84. The van der Waals surface area contributed by atoms with Crippen LogP contribution >= 0.6 is 0 Å². The summed E-state index contributed by atoms with van der Waals surface area (Å²) in [6.07, 6.45) is 0.650. The van der Waals surface area contributed by atoms with Gasteiger partial charge in [-0.05, 0) is 24.7 Å². The minimum absolute atomic E-state index is 0.165. The van der Waals surface area contributed by atoms with Gasteiger partial charge in [0, 0.05) is 12.6 Å². The summed E-state index contributed by atoms with van der Waals surface area (Å²) in [5.74, 6) is 0.576. The molecule has 0 aliphatic rings. The van der Waals surface area contributed by atoms with Crippen LogP contribution in [0, 0.1) is 11.8 Å². The van der Waals surface area contributed by atoms with E-state index in [1.165, 1.54) is 0 Å². The maximum atomic E-state index is 11.6. The number of hydrogen-bond donors (Lipinski definition) is 4. The Bertz CT molecular complexity index is 244. The van der Waals surface area contributed by atoms with Crippen LogP contribution in [-0.4, -0.2) is 35.7 Å². The summed E-state index contributed by atoms with van der Waals surface area (Å²) in [6.45, 7) is 8.28. The molecular weight excluding hydrogens is 230 g/mol. The molecule has 6 N–H and O–H groups in total. The fourth-order valence-corrected chi connectivity index (χ4v) is 1.80. The van der Waals surface area contributed by atoms with Crippen LogP contribution in [0.25, 0.3) is 0 Å². The normalized spacial score (nSPS) is 16.7. The van der Waals surface area contributed by atoms with Gasteiger partial charge in [-0.1, -0.05) is 27.7 Å². The van der Waals surface area contributed by atoms with E-state index < -0.39 is 12.1 Å². The largest absolute Gasteiger partial charge is 0.390 e. The number of aliphatic hydroxyl groups is 1. The van der Waals surface area contributed by atoms with Crippen LogP contribution in [0.2, 0.25) is 0 Å². The molecular formula is C13H29N3O2. The van der Waals surface area contributed by atoms with Gasteiger partial charge in [0.2, 0.25) is 5.91 Å². The zero-order valence-corrected chi connectivity index (χ0v) is 12.0. The summed E-state index contributed by atoms with van der Waals surface area (Å²) in [6, 6.07) is -0.829. The molecule has 5 nitrogen and oxygen atoms in total. The van der Waals surface area contributed by atoms with E-state index >= 15 is 0 Å². The smallest absolute Gasteiger partial charge is 0.237 e. The third kappa shape index (κ3) is 7.63. The Morgan fingerprint density at radius 3 is 2.06 bits per heavy atom. The van der Waals surface area contributed by atoms with E-state index in [1.54, 1.807) is 0 Å². The molecule has 0 rings (SSSR count). The highest BCUT2D eigenvalue weighted by Crippen LogP contribution is 2.06. The maximum absolute atomic E-state index is 11.6. The van der Waals surface area contributed by atoms with E-state index in [0.717, 1.165) is 6.42 Å². The molecule has 0 aliphatic carbocycles. The van der Waals surface area contributed by atoms with Crippen molar-refractivity contribution in [3.8, 4) is 0 Å². The highest BCUT2D eigenvalue weighted by molar-refractivity contribution is 5.81. The fraction of sp³-hybridized carbons (Fsp3) is 0.923. The van der Waals surface area contributed by atoms with Gasteiger partial charge in [0.05, 0.1) is 12.1 Å². The number of hydrogen-bond acceptors (Lipinski definition) is 4. The Morgan fingerprint density at radius 1 is 1.11 bits per heavy atom. The molecule has 0 saturated heterocycles. The van der Waals surface area contributed by atoms with Gasteiger partial charge in [0.25, 0.3) is 0 Å². The Hall–Kier alpha value is -0.650. The van der Waals surface area contributed by atoms with Crippen molar-refractivity contribution in [3.05, 3.63) is 0 Å². The van der Waals surface area contributed by atoms with Crippen LogP contribution < -0.4 is 16.8 Å². The first kappa shape index (κ1) is 17.4. The Kier molecular flexibility index (Phi) is 8.15. The molecule has 0 heterocycles. The minimum atomic E-state index is -0.720. The Morgan fingerprint density at radius 2 is 1.61 bits per heavy atom. The lowest BCUT2D eigenvalue weighted by Crippen LogP contribution is -2.48. The molecule has 3 atom stereocenters. The number of carbonyl (C=O) groups excluding carboxylic acids is 1. The number of nitrogens with two attached hydrogens (primary N) is 2. The predicted molar refractivity (Wildman–Crippen MR) is 73.9 cm³/mol. The zero-order valence-electron chi connectivity index (χ0n) is 12.0. The third-order valence-electron chi connectivity index (χ3n) is 2.79. The summed E-state index contributed by atoms with van der Waals surface area (Å²) in [4.78, 5) is 11.6. The highest BCUT2D eigenvalue weighted by atomic mass is 16.3. The molecule has 0 saturated carbocycles. The molecule has 18 heavy (non-hydrogen) atoms. The topological polar surface area (TPSA) is 101 Å².